The molecular weight excluding hydrogens is 418 g/mol. The first-order chi connectivity index (χ1) is 15.5. The Bertz CT molecular complexity index is 1220. The molecule has 1 N–H and O–H groups in total. The third-order valence-electron chi connectivity index (χ3n) is 4.73. The molecule has 0 spiro atoms. The average Bonchev–Trinajstić information content (AvgIpc) is 2.83. The standard InChI is InChI=1S/C22H21N3O7/c1-28-16-7-5-14(11-18(16)29-2)25-20(30-3)12-15(26)21(24-25)22(27)23-13-4-6-17-19(10-13)32-9-8-31-17/h4-7,10-12H,8-9H2,1-3H3,(H,23,27). The summed E-state index contributed by atoms with van der Waals surface area (Å²) in [6.45, 7) is 0.880. The van der Waals surface area contributed by atoms with Crippen LogP contribution in [0.4, 0.5) is 5.69 Å². The predicted octanol–water partition coefficient (Wildman–Crippen LogP) is 2.28. The zero-order chi connectivity index (χ0) is 22.7. The Kier molecular flexibility index (Phi) is 5.84. The number of nitrogens with one attached hydrogen (secondary N) is 1. The van der Waals surface area contributed by atoms with Crippen molar-refractivity contribution < 1.29 is 28.5 Å². The van der Waals surface area contributed by atoms with E-state index in [1.54, 1.807) is 36.4 Å². The van der Waals surface area contributed by atoms with E-state index in [9.17, 15) is 9.59 Å². The number of benzene rings is 2. The number of hydrogen-bond acceptors (Lipinski definition) is 8. The van der Waals surface area contributed by atoms with Gasteiger partial charge in [-0.2, -0.15) is 9.78 Å². The van der Waals surface area contributed by atoms with Crippen LogP contribution in [0.25, 0.3) is 5.69 Å². The Balaban J connectivity index is 1.69. The lowest BCUT2D eigenvalue weighted by Gasteiger charge is -2.19. The van der Waals surface area contributed by atoms with E-state index in [1.165, 1.54) is 32.1 Å². The SMILES string of the molecule is COc1ccc(-n2nc(C(=O)Nc3ccc4c(c3)OCCO4)c(=O)cc2OC)cc1OC. The lowest BCUT2D eigenvalue weighted by atomic mass is 10.2. The van der Waals surface area contributed by atoms with Crippen molar-refractivity contribution in [3.8, 4) is 34.6 Å². The zero-order valence-corrected chi connectivity index (χ0v) is 17.7. The first kappa shape index (κ1) is 21.0. The fourth-order valence-electron chi connectivity index (χ4n) is 3.20. The second-order valence-corrected chi connectivity index (χ2v) is 6.66. The second kappa shape index (κ2) is 8.88. The number of aromatic nitrogens is 2. The van der Waals surface area contributed by atoms with Gasteiger partial charge in [0.25, 0.3) is 5.91 Å². The van der Waals surface area contributed by atoms with Gasteiger partial charge in [-0.3, -0.25) is 9.59 Å². The normalized spacial score (nSPS) is 12.1. The van der Waals surface area contributed by atoms with Crippen LogP contribution < -0.4 is 34.4 Å². The van der Waals surface area contributed by atoms with Gasteiger partial charge >= 0.3 is 0 Å². The molecule has 10 heteroatoms. The minimum atomic E-state index is -0.677. The quantitative estimate of drug-likeness (QED) is 0.623. The molecule has 0 fully saturated rings. The number of nitrogens with zero attached hydrogens (tertiary/aromatic N) is 2. The van der Waals surface area contributed by atoms with Gasteiger partial charge in [-0.15, -0.1) is 0 Å². The smallest absolute Gasteiger partial charge is 0.280 e. The molecule has 1 amide bonds. The number of amides is 1. The molecule has 0 bridgehead atoms. The van der Waals surface area contributed by atoms with Crippen LogP contribution in [-0.2, 0) is 0 Å². The Hall–Kier alpha value is -4.21. The molecular formula is C22H21N3O7. The number of ether oxygens (including phenoxy) is 5. The van der Waals surface area contributed by atoms with E-state index in [1.807, 2.05) is 0 Å². The van der Waals surface area contributed by atoms with Gasteiger partial charge in [0.15, 0.2) is 28.7 Å². The first-order valence-electron chi connectivity index (χ1n) is 9.66. The van der Waals surface area contributed by atoms with Gasteiger partial charge in [0, 0.05) is 17.8 Å². The van der Waals surface area contributed by atoms with Crippen molar-refractivity contribution in [1.29, 1.82) is 0 Å². The molecule has 2 aromatic carbocycles. The van der Waals surface area contributed by atoms with Crippen molar-refractivity contribution in [1.82, 2.24) is 9.78 Å². The summed E-state index contributed by atoms with van der Waals surface area (Å²) in [4.78, 5) is 25.4. The average molecular weight is 439 g/mol. The van der Waals surface area contributed by atoms with E-state index in [0.717, 1.165) is 0 Å². The Morgan fingerprint density at radius 3 is 2.41 bits per heavy atom. The third kappa shape index (κ3) is 4.02. The molecule has 32 heavy (non-hydrogen) atoms. The Labute approximate surface area is 183 Å². The van der Waals surface area contributed by atoms with Crippen LogP contribution in [0.15, 0.2) is 47.3 Å². The molecule has 0 atom stereocenters. The molecule has 1 aliphatic heterocycles. The minimum Gasteiger partial charge on any atom is -0.493 e. The van der Waals surface area contributed by atoms with Crippen molar-refractivity contribution in [3.63, 3.8) is 0 Å². The van der Waals surface area contributed by atoms with Gasteiger partial charge in [-0.25, -0.2) is 0 Å². The molecule has 1 aromatic heterocycles. The lowest BCUT2D eigenvalue weighted by Crippen LogP contribution is -2.26. The minimum absolute atomic E-state index is 0.151. The van der Waals surface area contributed by atoms with Gasteiger partial charge in [0.05, 0.1) is 33.1 Å². The molecule has 3 aromatic rings. The number of hydrogen-bond donors (Lipinski definition) is 1. The molecule has 0 unspecified atom stereocenters. The van der Waals surface area contributed by atoms with E-state index >= 15 is 0 Å². The summed E-state index contributed by atoms with van der Waals surface area (Å²) >= 11 is 0. The number of methoxy groups -OCH3 is 3. The summed E-state index contributed by atoms with van der Waals surface area (Å²) < 4.78 is 28.2. The summed E-state index contributed by atoms with van der Waals surface area (Å²) in [6, 6.07) is 11.2. The zero-order valence-electron chi connectivity index (χ0n) is 17.7. The van der Waals surface area contributed by atoms with Gasteiger partial charge < -0.3 is 29.0 Å². The van der Waals surface area contributed by atoms with Gasteiger partial charge in [-0.05, 0) is 24.3 Å². The van der Waals surface area contributed by atoms with Gasteiger partial charge in [-0.1, -0.05) is 0 Å². The monoisotopic (exact) mass is 439 g/mol. The van der Waals surface area contributed by atoms with E-state index in [2.05, 4.69) is 10.4 Å². The van der Waals surface area contributed by atoms with E-state index in [0.29, 0.717) is 47.6 Å². The second-order valence-electron chi connectivity index (χ2n) is 6.66. The van der Waals surface area contributed by atoms with Crippen molar-refractivity contribution in [2.24, 2.45) is 0 Å². The Morgan fingerprint density at radius 1 is 0.938 bits per heavy atom. The van der Waals surface area contributed by atoms with Crippen molar-refractivity contribution in [2.45, 2.75) is 0 Å². The summed E-state index contributed by atoms with van der Waals surface area (Å²) in [5.41, 5.74) is 0.0471. The molecule has 2 heterocycles. The van der Waals surface area contributed by atoms with Crippen molar-refractivity contribution in [2.75, 3.05) is 39.9 Å². The highest BCUT2D eigenvalue weighted by Crippen LogP contribution is 2.33. The third-order valence-corrected chi connectivity index (χ3v) is 4.73. The fourth-order valence-corrected chi connectivity index (χ4v) is 3.20. The van der Waals surface area contributed by atoms with E-state index < -0.39 is 11.3 Å². The predicted molar refractivity (Wildman–Crippen MR) is 115 cm³/mol. The maximum absolute atomic E-state index is 12.9. The number of rotatable bonds is 6. The summed E-state index contributed by atoms with van der Waals surface area (Å²) in [5, 5.41) is 6.91. The topological polar surface area (TPSA) is 110 Å². The highest BCUT2D eigenvalue weighted by atomic mass is 16.6. The van der Waals surface area contributed by atoms with Crippen LogP contribution in [0, 0.1) is 0 Å². The molecule has 0 saturated heterocycles. The molecule has 4 rings (SSSR count). The summed E-state index contributed by atoms with van der Waals surface area (Å²) in [5.74, 6) is 1.55. The number of fused-ring (bicyclic) bond motifs is 1. The lowest BCUT2D eigenvalue weighted by molar-refractivity contribution is 0.101. The van der Waals surface area contributed by atoms with Crippen molar-refractivity contribution >= 4 is 11.6 Å². The molecule has 166 valence electrons. The van der Waals surface area contributed by atoms with Crippen LogP contribution in [0.5, 0.6) is 28.9 Å². The molecule has 1 aliphatic rings. The van der Waals surface area contributed by atoms with Gasteiger partial charge in [0.1, 0.15) is 13.2 Å². The van der Waals surface area contributed by atoms with Crippen molar-refractivity contribution in [3.05, 3.63) is 58.4 Å². The van der Waals surface area contributed by atoms with E-state index in [-0.39, 0.29) is 11.6 Å². The van der Waals surface area contributed by atoms with Gasteiger partial charge in [0.2, 0.25) is 11.3 Å². The highest BCUT2D eigenvalue weighted by molar-refractivity contribution is 6.02. The Morgan fingerprint density at radius 2 is 1.69 bits per heavy atom. The maximum atomic E-state index is 12.9. The molecule has 0 aliphatic carbocycles. The van der Waals surface area contributed by atoms with Crippen LogP contribution >= 0.6 is 0 Å². The number of anilines is 1. The molecule has 0 saturated carbocycles. The molecule has 0 radical (unpaired) electrons. The van der Waals surface area contributed by atoms with Crippen LogP contribution in [0.2, 0.25) is 0 Å². The largest absolute Gasteiger partial charge is 0.493 e. The van der Waals surface area contributed by atoms with Crippen LogP contribution in [-0.4, -0.2) is 50.2 Å². The molecule has 10 nitrogen and oxygen atoms in total. The maximum Gasteiger partial charge on any atom is 0.280 e. The van der Waals surface area contributed by atoms with Crippen LogP contribution in [0.1, 0.15) is 10.5 Å². The first-order valence-corrected chi connectivity index (χ1v) is 9.66. The highest BCUT2D eigenvalue weighted by Gasteiger charge is 2.19. The van der Waals surface area contributed by atoms with Crippen LogP contribution in [0.3, 0.4) is 0 Å². The fraction of sp³-hybridized carbons (Fsp3) is 0.227. The number of carbonyl (C=O) groups excluding carboxylic acids is 1. The summed E-state index contributed by atoms with van der Waals surface area (Å²) in [7, 11) is 4.43. The number of carbonyl (C=O) groups is 1. The summed E-state index contributed by atoms with van der Waals surface area (Å²) in [6.07, 6.45) is 0. The van der Waals surface area contributed by atoms with E-state index in [4.69, 9.17) is 23.7 Å².